The smallest absolute Gasteiger partial charge is 0.179 e. The van der Waals surface area contributed by atoms with E-state index in [2.05, 4.69) is 17.6 Å². The summed E-state index contributed by atoms with van der Waals surface area (Å²) < 4.78 is 11.1. The second-order valence-electron chi connectivity index (χ2n) is 5.78. The van der Waals surface area contributed by atoms with Crippen molar-refractivity contribution in [1.29, 1.82) is 0 Å². The van der Waals surface area contributed by atoms with Crippen molar-refractivity contribution in [2.45, 2.75) is 32.7 Å². The minimum atomic E-state index is 0.617. The molecule has 4 nitrogen and oxygen atoms in total. The molecule has 0 bridgehead atoms. The predicted octanol–water partition coefficient (Wildman–Crippen LogP) is 3.23. The molecule has 0 amide bonds. The Morgan fingerprint density at radius 1 is 1.32 bits per heavy atom. The van der Waals surface area contributed by atoms with Crippen molar-refractivity contribution in [2.24, 2.45) is 5.92 Å². The average Bonchev–Trinajstić information content (AvgIpc) is 2.54. The van der Waals surface area contributed by atoms with Gasteiger partial charge in [-0.15, -0.1) is 0 Å². The first-order chi connectivity index (χ1) is 10.7. The van der Waals surface area contributed by atoms with Gasteiger partial charge in [0.25, 0.3) is 0 Å². The molecule has 1 aliphatic rings. The van der Waals surface area contributed by atoms with E-state index in [0.717, 1.165) is 44.1 Å². The van der Waals surface area contributed by atoms with E-state index in [1.165, 1.54) is 12.8 Å². The molecule has 1 aromatic rings. The van der Waals surface area contributed by atoms with Crippen molar-refractivity contribution in [2.75, 3.05) is 33.4 Å². The molecule has 1 aromatic carbocycles. The summed E-state index contributed by atoms with van der Waals surface area (Å²) in [5.74, 6) is 2.12. The summed E-state index contributed by atoms with van der Waals surface area (Å²) in [6, 6.07) is 3.97. The Morgan fingerprint density at radius 2 is 2.09 bits per heavy atom. The Morgan fingerprint density at radius 3 is 2.77 bits per heavy atom. The fourth-order valence-electron chi connectivity index (χ4n) is 2.73. The lowest BCUT2D eigenvalue weighted by molar-refractivity contribution is 0.294. The highest BCUT2D eigenvalue weighted by Gasteiger charge is 2.14. The minimum absolute atomic E-state index is 0.617. The van der Waals surface area contributed by atoms with Crippen molar-refractivity contribution in [3.63, 3.8) is 0 Å². The molecule has 124 valence electrons. The lowest BCUT2D eigenvalue weighted by atomic mass is 9.98. The summed E-state index contributed by atoms with van der Waals surface area (Å²) in [4.78, 5) is 0. The largest absolute Gasteiger partial charge is 0.493 e. The maximum absolute atomic E-state index is 6.34. The number of benzene rings is 1. The topological polar surface area (TPSA) is 42.5 Å². The van der Waals surface area contributed by atoms with Crippen molar-refractivity contribution < 1.29 is 9.47 Å². The van der Waals surface area contributed by atoms with E-state index in [9.17, 15) is 0 Å². The maximum Gasteiger partial charge on any atom is 0.179 e. The molecule has 0 atom stereocenters. The second kappa shape index (κ2) is 9.23. The Hall–Kier alpha value is -0.970. The van der Waals surface area contributed by atoms with Crippen LogP contribution in [0.5, 0.6) is 11.5 Å². The molecule has 0 aromatic heterocycles. The summed E-state index contributed by atoms with van der Waals surface area (Å²) in [5, 5.41) is 7.54. The molecule has 0 radical (unpaired) electrons. The van der Waals surface area contributed by atoms with Crippen LogP contribution in [0.2, 0.25) is 5.02 Å². The zero-order chi connectivity index (χ0) is 15.8. The molecule has 0 saturated carbocycles. The Labute approximate surface area is 138 Å². The van der Waals surface area contributed by atoms with Gasteiger partial charge in [-0.25, -0.2) is 0 Å². The number of halogens is 1. The molecule has 1 aliphatic heterocycles. The van der Waals surface area contributed by atoms with E-state index in [-0.39, 0.29) is 0 Å². The maximum atomic E-state index is 6.34. The standard InChI is InChI=1S/C17H27ClN2O2/c1-3-8-22-17-15(18)9-14(10-16(17)21-2)12-20-11-13-4-6-19-7-5-13/h9-10,13,19-20H,3-8,11-12H2,1-2H3. The highest BCUT2D eigenvalue weighted by Crippen LogP contribution is 2.36. The van der Waals surface area contributed by atoms with Crippen LogP contribution in [0.15, 0.2) is 12.1 Å². The predicted molar refractivity (Wildman–Crippen MR) is 91.1 cm³/mol. The average molecular weight is 327 g/mol. The molecule has 5 heteroatoms. The van der Waals surface area contributed by atoms with E-state index >= 15 is 0 Å². The van der Waals surface area contributed by atoms with Gasteiger partial charge in [0, 0.05) is 6.54 Å². The number of piperidine rings is 1. The fraction of sp³-hybridized carbons (Fsp3) is 0.647. The zero-order valence-electron chi connectivity index (χ0n) is 13.6. The summed E-state index contributed by atoms with van der Waals surface area (Å²) in [6.45, 7) is 6.83. The summed E-state index contributed by atoms with van der Waals surface area (Å²) in [5.41, 5.74) is 1.12. The summed E-state index contributed by atoms with van der Waals surface area (Å²) in [7, 11) is 1.65. The van der Waals surface area contributed by atoms with Crippen molar-refractivity contribution in [3.05, 3.63) is 22.7 Å². The first kappa shape index (κ1) is 17.4. The van der Waals surface area contributed by atoms with Crippen LogP contribution in [0.4, 0.5) is 0 Å². The van der Waals surface area contributed by atoms with Crippen molar-refractivity contribution >= 4 is 11.6 Å². The number of methoxy groups -OCH3 is 1. The third-order valence-corrected chi connectivity index (χ3v) is 4.24. The lowest BCUT2D eigenvalue weighted by Crippen LogP contribution is -2.33. The molecule has 1 heterocycles. The van der Waals surface area contributed by atoms with Crippen molar-refractivity contribution in [1.82, 2.24) is 10.6 Å². The summed E-state index contributed by atoms with van der Waals surface area (Å²) >= 11 is 6.34. The van der Waals surface area contributed by atoms with Gasteiger partial charge in [-0.2, -0.15) is 0 Å². The third kappa shape index (κ3) is 5.04. The third-order valence-electron chi connectivity index (χ3n) is 3.96. The van der Waals surface area contributed by atoms with Crippen LogP contribution in [0, 0.1) is 5.92 Å². The van der Waals surface area contributed by atoms with Crippen LogP contribution in [-0.4, -0.2) is 33.4 Å². The Kier molecular flexibility index (Phi) is 7.30. The number of hydrogen-bond donors (Lipinski definition) is 2. The molecular formula is C17H27ClN2O2. The molecule has 0 spiro atoms. The van der Waals surface area contributed by atoms with Crippen LogP contribution in [0.3, 0.4) is 0 Å². The van der Waals surface area contributed by atoms with Gasteiger partial charge in [0.05, 0.1) is 18.7 Å². The minimum Gasteiger partial charge on any atom is -0.493 e. The molecule has 0 aliphatic carbocycles. The first-order valence-corrected chi connectivity index (χ1v) is 8.53. The molecule has 2 rings (SSSR count). The van der Waals surface area contributed by atoms with E-state index in [1.54, 1.807) is 7.11 Å². The lowest BCUT2D eigenvalue weighted by Gasteiger charge is -2.23. The highest BCUT2D eigenvalue weighted by atomic mass is 35.5. The normalized spacial score (nSPS) is 15.8. The number of ether oxygens (including phenoxy) is 2. The number of hydrogen-bond acceptors (Lipinski definition) is 4. The quantitative estimate of drug-likeness (QED) is 0.769. The molecule has 22 heavy (non-hydrogen) atoms. The SMILES string of the molecule is CCCOc1c(Cl)cc(CNCC2CCNCC2)cc1OC. The molecule has 1 fully saturated rings. The summed E-state index contributed by atoms with van der Waals surface area (Å²) in [6.07, 6.45) is 3.45. The van der Waals surface area contributed by atoms with Gasteiger partial charge in [-0.1, -0.05) is 18.5 Å². The van der Waals surface area contributed by atoms with Gasteiger partial charge in [0.15, 0.2) is 11.5 Å². The van der Waals surface area contributed by atoms with Crippen LogP contribution in [0.1, 0.15) is 31.7 Å². The number of rotatable bonds is 8. The second-order valence-corrected chi connectivity index (χ2v) is 6.19. The van der Waals surface area contributed by atoms with Gasteiger partial charge < -0.3 is 20.1 Å². The molecular weight excluding hydrogens is 300 g/mol. The Balaban J connectivity index is 1.91. The van der Waals surface area contributed by atoms with Crippen LogP contribution in [0.25, 0.3) is 0 Å². The van der Waals surface area contributed by atoms with E-state index in [4.69, 9.17) is 21.1 Å². The van der Waals surface area contributed by atoms with E-state index < -0.39 is 0 Å². The van der Waals surface area contributed by atoms with Crippen molar-refractivity contribution in [3.8, 4) is 11.5 Å². The monoisotopic (exact) mass is 326 g/mol. The van der Waals surface area contributed by atoms with Gasteiger partial charge in [0.1, 0.15) is 0 Å². The first-order valence-electron chi connectivity index (χ1n) is 8.15. The number of nitrogens with one attached hydrogen (secondary N) is 2. The highest BCUT2D eigenvalue weighted by molar-refractivity contribution is 6.32. The van der Waals surface area contributed by atoms with E-state index in [1.807, 2.05) is 12.1 Å². The van der Waals surface area contributed by atoms with Crippen LogP contribution < -0.4 is 20.1 Å². The van der Waals surface area contributed by atoms with Crippen LogP contribution in [-0.2, 0) is 6.54 Å². The molecule has 1 saturated heterocycles. The van der Waals surface area contributed by atoms with Gasteiger partial charge in [0.2, 0.25) is 0 Å². The Bertz CT molecular complexity index is 462. The fourth-order valence-corrected chi connectivity index (χ4v) is 3.01. The molecule has 0 unspecified atom stereocenters. The van der Waals surface area contributed by atoms with Crippen LogP contribution >= 0.6 is 11.6 Å². The van der Waals surface area contributed by atoms with E-state index in [0.29, 0.717) is 23.1 Å². The molecule has 2 N–H and O–H groups in total. The van der Waals surface area contributed by atoms with Gasteiger partial charge in [-0.05, 0) is 62.5 Å². The van der Waals surface area contributed by atoms with Gasteiger partial charge >= 0.3 is 0 Å². The van der Waals surface area contributed by atoms with Gasteiger partial charge in [-0.3, -0.25) is 0 Å². The zero-order valence-corrected chi connectivity index (χ0v) is 14.3.